The molecule has 1 aliphatic carbocycles. The van der Waals surface area contributed by atoms with Crippen molar-refractivity contribution in [3.63, 3.8) is 0 Å². The van der Waals surface area contributed by atoms with E-state index in [0.29, 0.717) is 5.92 Å². The van der Waals surface area contributed by atoms with Crippen molar-refractivity contribution < 1.29 is 14.7 Å². The molecule has 0 saturated heterocycles. The number of nitrogens with one attached hydrogen (secondary N) is 1. The minimum atomic E-state index is -0.959. The summed E-state index contributed by atoms with van der Waals surface area (Å²) in [5.41, 5.74) is 3.83. The minimum Gasteiger partial charge on any atom is -0.478 e. The fourth-order valence-electron chi connectivity index (χ4n) is 4.08. The van der Waals surface area contributed by atoms with E-state index in [9.17, 15) is 14.7 Å². The van der Waals surface area contributed by atoms with Crippen molar-refractivity contribution in [1.82, 2.24) is 5.32 Å². The summed E-state index contributed by atoms with van der Waals surface area (Å²) in [6.45, 7) is 7.62. The van der Waals surface area contributed by atoms with E-state index in [0.717, 1.165) is 28.9 Å². The highest BCUT2D eigenvalue weighted by molar-refractivity contribution is 5.90. The molecule has 162 valence electrons. The van der Waals surface area contributed by atoms with E-state index in [-0.39, 0.29) is 18.0 Å². The zero-order valence-corrected chi connectivity index (χ0v) is 18.4. The Bertz CT molecular complexity index is 833. The van der Waals surface area contributed by atoms with Crippen LogP contribution >= 0.6 is 0 Å². The molecular formula is C25H34N2O3. The SMILES string of the molecule is C=C/C=C(C)\C(=C/C)NC(=O)CN(C)c1cc(C(=O)O)ccc1CC1CCCCC1. The molecule has 5 heteroatoms. The van der Waals surface area contributed by atoms with Crippen LogP contribution in [0.5, 0.6) is 0 Å². The number of amides is 1. The Kier molecular flexibility index (Phi) is 8.90. The Labute approximate surface area is 180 Å². The van der Waals surface area contributed by atoms with Crippen LogP contribution in [-0.4, -0.2) is 30.6 Å². The third-order valence-corrected chi connectivity index (χ3v) is 5.71. The number of carbonyl (C=O) groups excluding carboxylic acids is 1. The van der Waals surface area contributed by atoms with E-state index < -0.39 is 5.97 Å². The number of hydrogen-bond donors (Lipinski definition) is 2. The molecule has 0 heterocycles. The zero-order valence-electron chi connectivity index (χ0n) is 18.4. The lowest BCUT2D eigenvalue weighted by atomic mass is 9.84. The monoisotopic (exact) mass is 410 g/mol. The summed E-state index contributed by atoms with van der Waals surface area (Å²) in [5.74, 6) is -0.483. The van der Waals surface area contributed by atoms with Gasteiger partial charge in [0.2, 0.25) is 5.91 Å². The first-order valence-corrected chi connectivity index (χ1v) is 10.7. The molecule has 2 N–H and O–H groups in total. The molecule has 0 bridgehead atoms. The van der Waals surface area contributed by atoms with E-state index in [1.165, 1.54) is 32.1 Å². The molecule has 1 amide bonds. The molecule has 0 aliphatic heterocycles. The fraction of sp³-hybridized carbons (Fsp3) is 0.440. The van der Waals surface area contributed by atoms with Crippen LogP contribution in [0.25, 0.3) is 0 Å². The van der Waals surface area contributed by atoms with Gasteiger partial charge in [-0.15, -0.1) is 0 Å². The summed E-state index contributed by atoms with van der Waals surface area (Å²) in [6, 6.07) is 5.27. The Morgan fingerprint density at radius 2 is 1.97 bits per heavy atom. The van der Waals surface area contributed by atoms with E-state index in [2.05, 4.69) is 11.9 Å². The van der Waals surface area contributed by atoms with E-state index in [1.807, 2.05) is 44.0 Å². The molecule has 1 saturated carbocycles. The van der Waals surface area contributed by atoms with Gasteiger partial charge >= 0.3 is 5.97 Å². The number of nitrogens with zero attached hydrogens (tertiary/aromatic N) is 1. The first-order valence-electron chi connectivity index (χ1n) is 10.7. The average Bonchev–Trinajstić information content (AvgIpc) is 2.72. The average molecular weight is 411 g/mol. The number of carboxylic acid groups (broad SMARTS) is 1. The maximum atomic E-state index is 12.7. The molecular weight excluding hydrogens is 376 g/mol. The quantitative estimate of drug-likeness (QED) is 0.556. The molecule has 0 atom stereocenters. The number of aromatic carboxylic acids is 1. The van der Waals surface area contributed by atoms with Crippen LogP contribution in [-0.2, 0) is 11.2 Å². The lowest BCUT2D eigenvalue weighted by Crippen LogP contribution is -2.35. The van der Waals surface area contributed by atoms with E-state index in [1.54, 1.807) is 18.2 Å². The summed E-state index contributed by atoms with van der Waals surface area (Å²) in [6.07, 6.45) is 12.5. The minimum absolute atomic E-state index is 0.138. The van der Waals surface area contributed by atoms with Crippen LogP contribution in [0, 0.1) is 5.92 Å². The molecule has 1 aromatic carbocycles. The second-order valence-corrected chi connectivity index (χ2v) is 8.05. The molecule has 0 unspecified atom stereocenters. The molecule has 1 aliphatic rings. The van der Waals surface area contributed by atoms with Gasteiger partial charge in [-0.1, -0.05) is 63.0 Å². The smallest absolute Gasteiger partial charge is 0.335 e. The van der Waals surface area contributed by atoms with Crippen molar-refractivity contribution in [2.45, 2.75) is 52.4 Å². The standard InChI is InChI=1S/C25H34N2O3/c1-5-10-18(3)22(6-2)26-24(28)17-27(4)23-16-21(25(29)30)14-13-20(23)15-19-11-8-7-9-12-19/h5-6,10,13-14,16,19H,1,7-9,11-12,15,17H2,2-4H3,(H,26,28)(H,29,30)/b18-10-,22-6+. The number of rotatable bonds is 9. The van der Waals surface area contributed by atoms with Crippen LogP contribution in [0.2, 0.25) is 0 Å². The summed E-state index contributed by atoms with van der Waals surface area (Å²) in [4.78, 5) is 26.0. The van der Waals surface area contributed by atoms with Crippen molar-refractivity contribution in [3.8, 4) is 0 Å². The van der Waals surface area contributed by atoms with Gasteiger partial charge in [0.15, 0.2) is 0 Å². The molecule has 0 radical (unpaired) electrons. The molecule has 1 fully saturated rings. The van der Waals surface area contributed by atoms with Gasteiger partial charge in [0.1, 0.15) is 0 Å². The van der Waals surface area contributed by atoms with Gasteiger partial charge < -0.3 is 15.3 Å². The van der Waals surface area contributed by atoms with Crippen molar-refractivity contribution in [3.05, 3.63) is 65.4 Å². The highest BCUT2D eigenvalue weighted by atomic mass is 16.4. The van der Waals surface area contributed by atoms with Crippen LogP contribution in [0.3, 0.4) is 0 Å². The van der Waals surface area contributed by atoms with Crippen LogP contribution in [0.1, 0.15) is 61.9 Å². The molecule has 5 nitrogen and oxygen atoms in total. The van der Waals surface area contributed by atoms with Crippen molar-refractivity contribution in [2.24, 2.45) is 5.92 Å². The highest BCUT2D eigenvalue weighted by Gasteiger charge is 2.19. The Morgan fingerprint density at radius 3 is 2.57 bits per heavy atom. The number of anilines is 1. The third kappa shape index (κ3) is 6.61. The highest BCUT2D eigenvalue weighted by Crippen LogP contribution is 2.31. The summed E-state index contributed by atoms with van der Waals surface area (Å²) >= 11 is 0. The van der Waals surface area contributed by atoms with E-state index in [4.69, 9.17) is 0 Å². The van der Waals surface area contributed by atoms with Crippen molar-refractivity contribution >= 4 is 17.6 Å². The fourth-order valence-corrected chi connectivity index (χ4v) is 4.08. The van der Waals surface area contributed by atoms with Crippen LogP contribution in [0.4, 0.5) is 5.69 Å². The first kappa shape index (κ1) is 23.5. The van der Waals surface area contributed by atoms with Gasteiger partial charge in [-0.2, -0.15) is 0 Å². The van der Waals surface area contributed by atoms with Gasteiger partial charge in [-0.05, 0) is 49.5 Å². The number of hydrogen-bond acceptors (Lipinski definition) is 3. The first-order chi connectivity index (χ1) is 14.3. The molecule has 30 heavy (non-hydrogen) atoms. The number of carboxylic acids is 1. The largest absolute Gasteiger partial charge is 0.478 e. The summed E-state index contributed by atoms with van der Waals surface area (Å²) in [7, 11) is 1.84. The Morgan fingerprint density at radius 1 is 1.27 bits per heavy atom. The second kappa shape index (κ2) is 11.4. The Balaban J connectivity index is 2.18. The summed E-state index contributed by atoms with van der Waals surface area (Å²) < 4.78 is 0. The predicted octanol–water partition coefficient (Wildman–Crippen LogP) is 5.10. The molecule has 0 aromatic heterocycles. The lowest BCUT2D eigenvalue weighted by Gasteiger charge is -2.26. The number of carbonyl (C=O) groups is 2. The topological polar surface area (TPSA) is 69.6 Å². The molecule has 2 rings (SSSR count). The van der Waals surface area contributed by atoms with Gasteiger partial charge in [-0.25, -0.2) is 4.79 Å². The van der Waals surface area contributed by atoms with Gasteiger partial charge in [0.25, 0.3) is 0 Å². The van der Waals surface area contributed by atoms with E-state index >= 15 is 0 Å². The molecule has 1 aromatic rings. The number of allylic oxidation sites excluding steroid dienone is 4. The number of likely N-dealkylation sites (N-methyl/N-ethyl adjacent to an activating group) is 1. The molecule has 0 spiro atoms. The maximum absolute atomic E-state index is 12.7. The van der Waals surface area contributed by atoms with Crippen LogP contribution < -0.4 is 10.2 Å². The van der Waals surface area contributed by atoms with Gasteiger partial charge in [0, 0.05) is 18.4 Å². The van der Waals surface area contributed by atoms with Crippen LogP contribution in [0.15, 0.2) is 54.3 Å². The Hall–Kier alpha value is -2.82. The summed E-state index contributed by atoms with van der Waals surface area (Å²) in [5, 5.41) is 12.4. The predicted molar refractivity (Wildman–Crippen MR) is 123 cm³/mol. The third-order valence-electron chi connectivity index (χ3n) is 5.71. The normalized spacial score (nSPS) is 15.6. The zero-order chi connectivity index (χ0) is 22.1. The number of benzene rings is 1. The second-order valence-electron chi connectivity index (χ2n) is 8.05. The maximum Gasteiger partial charge on any atom is 0.335 e. The van der Waals surface area contributed by atoms with Crippen molar-refractivity contribution in [1.29, 1.82) is 0 Å². The van der Waals surface area contributed by atoms with Gasteiger partial charge in [0.05, 0.1) is 12.1 Å². The van der Waals surface area contributed by atoms with Crippen molar-refractivity contribution in [2.75, 3.05) is 18.5 Å². The lowest BCUT2D eigenvalue weighted by molar-refractivity contribution is -0.119. The van der Waals surface area contributed by atoms with Gasteiger partial charge in [-0.3, -0.25) is 4.79 Å².